The predicted octanol–water partition coefficient (Wildman–Crippen LogP) is 4.31. The lowest BCUT2D eigenvalue weighted by Crippen LogP contribution is -2.45. The van der Waals surface area contributed by atoms with Crippen LogP contribution in [0, 0.1) is 25.7 Å². The Bertz CT molecular complexity index is 1330. The number of nitrogens with zero attached hydrogens (tertiary/aromatic N) is 6. The van der Waals surface area contributed by atoms with Gasteiger partial charge in [0.05, 0.1) is 34.5 Å². The van der Waals surface area contributed by atoms with Gasteiger partial charge in [-0.15, -0.1) is 0 Å². The summed E-state index contributed by atoms with van der Waals surface area (Å²) in [5, 5.41) is 4.83. The molecule has 188 valence electrons. The van der Waals surface area contributed by atoms with Gasteiger partial charge < -0.3 is 9.80 Å². The van der Waals surface area contributed by atoms with E-state index in [1.54, 1.807) is 6.08 Å². The number of likely N-dealkylation sites (tertiary alicyclic amines) is 2. The number of carbonyl (C=O) groups excluding carboxylic acids is 1. The highest BCUT2D eigenvalue weighted by Gasteiger charge is 2.38. The van der Waals surface area contributed by atoms with E-state index in [0.717, 1.165) is 77.6 Å². The van der Waals surface area contributed by atoms with Crippen LogP contribution in [0.2, 0.25) is 0 Å². The van der Waals surface area contributed by atoms with Crippen LogP contribution in [0.15, 0.2) is 54.2 Å². The Morgan fingerprint density at radius 3 is 2.78 bits per heavy atom. The van der Waals surface area contributed by atoms with E-state index in [-0.39, 0.29) is 11.8 Å². The predicted molar refractivity (Wildman–Crippen MR) is 142 cm³/mol. The molecule has 3 atom stereocenters. The average molecular weight is 485 g/mol. The smallest absolute Gasteiger partial charge is 0.255 e. The number of hydrogen-bond donors (Lipinski definition) is 0. The van der Waals surface area contributed by atoms with Gasteiger partial charge in [-0.05, 0) is 81.8 Å². The van der Waals surface area contributed by atoms with Crippen molar-refractivity contribution in [1.82, 2.24) is 29.3 Å². The van der Waals surface area contributed by atoms with E-state index >= 15 is 0 Å². The van der Waals surface area contributed by atoms with Crippen LogP contribution in [-0.4, -0.2) is 67.4 Å². The number of hydrogen-bond acceptors (Lipinski definition) is 5. The molecule has 36 heavy (non-hydrogen) atoms. The molecule has 2 aromatic heterocycles. The van der Waals surface area contributed by atoms with Crippen molar-refractivity contribution in [1.29, 1.82) is 0 Å². The third-order valence-corrected chi connectivity index (χ3v) is 8.47. The van der Waals surface area contributed by atoms with Crippen LogP contribution in [0.4, 0.5) is 0 Å². The van der Waals surface area contributed by atoms with Crippen LogP contribution in [0.1, 0.15) is 50.2 Å². The summed E-state index contributed by atoms with van der Waals surface area (Å²) in [7, 11) is 0. The summed E-state index contributed by atoms with van der Waals surface area (Å²) < 4.78 is 1.89. The van der Waals surface area contributed by atoms with E-state index in [0.29, 0.717) is 0 Å². The van der Waals surface area contributed by atoms with Gasteiger partial charge in [-0.3, -0.25) is 14.7 Å². The minimum absolute atomic E-state index is 0.0133. The van der Waals surface area contributed by atoms with Crippen molar-refractivity contribution < 1.29 is 4.79 Å². The molecule has 4 aliphatic heterocycles. The number of allylic oxidation sites excluding steroid dienone is 4. The first-order valence-electron chi connectivity index (χ1n) is 13.4. The number of aryl methyl sites for hydroxylation is 2. The summed E-state index contributed by atoms with van der Waals surface area (Å²) in [6.07, 6.45) is 15.6. The normalized spacial score (nSPS) is 26.8. The quantitative estimate of drug-likeness (QED) is 0.650. The summed E-state index contributed by atoms with van der Waals surface area (Å²) in [4.78, 5) is 25.1. The second kappa shape index (κ2) is 9.04. The van der Waals surface area contributed by atoms with Gasteiger partial charge in [0.15, 0.2) is 0 Å². The Hall–Kier alpha value is -3.19. The third-order valence-electron chi connectivity index (χ3n) is 8.47. The molecule has 6 heterocycles. The van der Waals surface area contributed by atoms with Crippen molar-refractivity contribution in [2.24, 2.45) is 11.8 Å². The van der Waals surface area contributed by atoms with Gasteiger partial charge in [-0.2, -0.15) is 5.10 Å². The van der Waals surface area contributed by atoms with Crippen molar-refractivity contribution in [2.45, 2.75) is 53.0 Å². The van der Waals surface area contributed by atoms with Crippen molar-refractivity contribution in [3.8, 4) is 0 Å². The highest BCUT2D eigenvalue weighted by Crippen LogP contribution is 2.35. The summed E-state index contributed by atoms with van der Waals surface area (Å²) >= 11 is 0. The molecular formula is C29H36N6O. The molecule has 0 aromatic carbocycles. The summed E-state index contributed by atoms with van der Waals surface area (Å²) in [5.74, 6) is 0.891. The summed E-state index contributed by atoms with van der Waals surface area (Å²) in [6, 6.07) is 2.78. The maximum atomic E-state index is 13.6. The Labute approximate surface area is 213 Å². The first kappa shape index (κ1) is 23.2. The maximum absolute atomic E-state index is 13.6. The van der Waals surface area contributed by atoms with Crippen LogP contribution in [0.25, 0.3) is 11.1 Å². The minimum atomic E-state index is -0.0133. The number of piperidine rings is 1. The van der Waals surface area contributed by atoms with Crippen molar-refractivity contribution in [3.05, 3.63) is 71.2 Å². The first-order valence-corrected chi connectivity index (χ1v) is 13.4. The monoisotopic (exact) mass is 484 g/mol. The molecule has 0 N–H and O–H groups in total. The molecule has 2 saturated heterocycles. The fraction of sp³-hybridized carbons (Fsp3) is 0.483. The molecule has 0 radical (unpaired) electrons. The van der Waals surface area contributed by atoms with E-state index in [1.807, 2.05) is 35.7 Å². The number of amides is 1. The molecule has 7 nitrogen and oxygen atoms in total. The second-order valence-electron chi connectivity index (χ2n) is 10.8. The topological polar surface area (TPSA) is 57.0 Å². The molecule has 3 unspecified atom stereocenters. The standard InChI is InChI=1S/C29H36N6O/c1-5-32-12-10-22-17-33(13-11-27(22)32)24-9-8-23-7-6-19(2)25(14-29(36)34(23)18-24)26-15-28-21(4)30-20(3)16-35(28)31-26/h7-9,14-16,18-19,22,27H,5-6,10-13,17H2,1-4H3. The number of rotatable bonds is 3. The summed E-state index contributed by atoms with van der Waals surface area (Å²) in [6.45, 7) is 12.9. The lowest BCUT2D eigenvalue weighted by molar-refractivity contribution is -0.122. The van der Waals surface area contributed by atoms with E-state index in [1.165, 1.54) is 19.4 Å². The Morgan fingerprint density at radius 1 is 1.11 bits per heavy atom. The van der Waals surface area contributed by atoms with E-state index in [9.17, 15) is 4.79 Å². The molecular weight excluding hydrogens is 448 g/mol. The maximum Gasteiger partial charge on any atom is 0.255 e. The van der Waals surface area contributed by atoms with Gasteiger partial charge in [0.1, 0.15) is 0 Å². The Morgan fingerprint density at radius 2 is 1.94 bits per heavy atom. The fourth-order valence-corrected chi connectivity index (χ4v) is 6.48. The van der Waals surface area contributed by atoms with Gasteiger partial charge in [0.25, 0.3) is 5.91 Å². The van der Waals surface area contributed by atoms with Crippen molar-refractivity contribution in [3.63, 3.8) is 0 Å². The molecule has 0 aliphatic carbocycles. The molecule has 0 spiro atoms. The zero-order valence-corrected chi connectivity index (χ0v) is 21.8. The number of aromatic nitrogens is 3. The van der Waals surface area contributed by atoms with Crippen molar-refractivity contribution in [2.75, 3.05) is 26.2 Å². The molecule has 1 amide bonds. The molecule has 0 bridgehead atoms. The SMILES string of the molecule is CCN1CCC2CN(C3=CN4C(=O)C=C(c5cc6c(C)nc(C)cn6n5)C(C)CC=C4C=C3)CCC21. The van der Waals surface area contributed by atoms with Crippen molar-refractivity contribution >= 4 is 17.0 Å². The summed E-state index contributed by atoms with van der Waals surface area (Å²) in [5.41, 5.74) is 6.79. The lowest BCUT2D eigenvalue weighted by atomic mass is 9.91. The van der Waals surface area contributed by atoms with Gasteiger partial charge in [-0.25, -0.2) is 4.52 Å². The van der Waals surface area contributed by atoms with Gasteiger partial charge >= 0.3 is 0 Å². The first-order chi connectivity index (χ1) is 17.4. The third kappa shape index (κ3) is 3.99. The zero-order valence-electron chi connectivity index (χ0n) is 21.8. The highest BCUT2D eigenvalue weighted by atomic mass is 16.2. The fourth-order valence-electron chi connectivity index (χ4n) is 6.48. The molecule has 7 heteroatoms. The van der Waals surface area contributed by atoms with Crippen LogP contribution < -0.4 is 0 Å². The Balaban J connectivity index is 1.28. The number of carbonyl (C=O) groups is 1. The van der Waals surface area contributed by atoms with E-state index in [2.05, 4.69) is 52.9 Å². The average Bonchev–Trinajstić information content (AvgIpc) is 3.48. The van der Waals surface area contributed by atoms with Gasteiger partial charge in [0.2, 0.25) is 0 Å². The minimum Gasteiger partial charge on any atom is -0.370 e. The molecule has 0 saturated carbocycles. The van der Waals surface area contributed by atoms with E-state index < -0.39 is 0 Å². The largest absolute Gasteiger partial charge is 0.370 e. The highest BCUT2D eigenvalue weighted by molar-refractivity contribution is 5.98. The lowest BCUT2D eigenvalue weighted by Gasteiger charge is -2.40. The molecule has 2 aromatic rings. The molecule has 4 aliphatic rings. The second-order valence-corrected chi connectivity index (χ2v) is 10.8. The van der Waals surface area contributed by atoms with E-state index in [4.69, 9.17) is 5.10 Å². The molecule has 6 rings (SSSR count). The van der Waals surface area contributed by atoms with Crippen LogP contribution in [0.3, 0.4) is 0 Å². The molecule has 2 fully saturated rings. The van der Waals surface area contributed by atoms with Gasteiger partial charge in [0, 0.05) is 37.1 Å². The van der Waals surface area contributed by atoms with Gasteiger partial charge in [-0.1, -0.05) is 19.9 Å². The number of fused-ring (bicyclic) bond motifs is 3. The Kier molecular flexibility index (Phi) is 5.83. The van der Waals surface area contributed by atoms with Crippen LogP contribution in [0.5, 0.6) is 0 Å². The van der Waals surface area contributed by atoms with Crippen LogP contribution in [-0.2, 0) is 4.79 Å². The zero-order chi connectivity index (χ0) is 25.0. The van der Waals surface area contributed by atoms with Crippen LogP contribution >= 0.6 is 0 Å².